The SMILES string of the molecule is CC(C)(c1ccccc1)c1cc(N2CN(c3cc(Oc4cccc(N(c5ccccc5)c5ccccn5)c4)cc(-c4ccccc4)c3)c3ccccc32)cc(C(C)(C)c2ccccc2)c1. The van der Waals surface area contributed by atoms with E-state index >= 15 is 0 Å². The molecule has 0 spiro atoms. The second-order valence-corrected chi connectivity index (χ2v) is 17.8. The van der Waals surface area contributed by atoms with Gasteiger partial charge in [-0.2, -0.15) is 0 Å². The van der Waals surface area contributed by atoms with Crippen molar-refractivity contribution in [1.82, 2.24) is 4.98 Å². The van der Waals surface area contributed by atoms with Crippen LogP contribution in [-0.4, -0.2) is 11.7 Å². The summed E-state index contributed by atoms with van der Waals surface area (Å²) < 4.78 is 6.91. The molecule has 2 heterocycles. The summed E-state index contributed by atoms with van der Waals surface area (Å²) in [6, 6.07) is 79.5. The van der Waals surface area contributed by atoms with Crippen molar-refractivity contribution in [3.63, 3.8) is 0 Å². The molecule has 10 rings (SSSR count). The Hall–Kier alpha value is -7.89. The number of benzene rings is 8. The smallest absolute Gasteiger partial charge is 0.137 e. The van der Waals surface area contributed by atoms with Crippen molar-refractivity contribution in [2.45, 2.75) is 38.5 Å². The van der Waals surface area contributed by atoms with Gasteiger partial charge in [-0.15, -0.1) is 0 Å². The van der Waals surface area contributed by atoms with E-state index in [9.17, 15) is 0 Å². The Bertz CT molecular complexity index is 2940. The molecule has 5 heteroatoms. The lowest BCUT2D eigenvalue weighted by Gasteiger charge is -2.33. The van der Waals surface area contributed by atoms with E-state index < -0.39 is 0 Å². The first-order valence-corrected chi connectivity index (χ1v) is 22.4. The summed E-state index contributed by atoms with van der Waals surface area (Å²) in [5.41, 5.74) is 13.2. The summed E-state index contributed by atoms with van der Waals surface area (Å²) in [7, 11) is 0. The molecule has 0 bridgehead atoms. The molecule has 0 fully saturated rings. The summed E-state index contributed by atoms with van der Waals surface area (Å²) in [4.78, 5) is 11.8. The Morgan fingerprint density at radius 3 is 1.52 bits per heavy atom. The quantitative estimate of drug-likeness (QED) is 0.122. The molecule has 0 saturated carbocycles. The van der Waals surface area contributed by atoms with Crippen LogP contribution in [0.1, 0.15) is 49.9 Å². The molecule has 0 atom stereocenters. The van der Waals surface area contributed by atoms with Gasteiger partial charge in [0.15, 0.2) is 0 Å². The fourth-order valence-corrected chi connectivity index (χ4v) is 9.08. The average Bonchev–Trinajstić information content (AvgIpc) is 3.75. The van der Waals surface area contributed by atoms with Crippen LogP contribution in [0.15, 0.2) is 231 Å². The Labute approximate surface area is 383 Å². The van der Waals surface area contributed by atoms with E-state index in [1.165, 1.54) is 22.3 Å². The molecule has 0 N–H and O–H groups in total. The normalized spacial score (nSPS) is 12.5. The number of aromatic nitrogens is 1. The largest absolute Gasteiger partial charge is 0.457 e. The number of fused-ring (bicyclic) bond motifs is 1. The highest BCUT2D eigenvalue weighted by molar-refractivity contribution is 5.89. The van der Waals surface area contributed by atoms with Gasteiger partial charge in [-0.1, -0.05) is 167 Å². The number of nitrogens with zero attached hydrogens (tertiary/aromatic N) is 4. The lowest BCUT2D eigenvalue weighted by molar-refractivity contribution is 0.483. The van der Waals surface area contributed by atoms with E-state index in [4.69, 9.17) is 9.72 Å². The molecule has 1 aliphatic heterocycles. The van der Waals surface area contributed by atoms with E-state index in [2.05, 4.69) is 218 Å². The number of hydrogen-bond acceptors (Lipinski definition) is 5. The first-order valence-electron chi connectivity index (χ1n) is 22.4. The first-order chi connectivity index (χ1) is 31.7. The van der Waals surface area contributed by atoms with Crippen LogP contribution in [0.4, 0.5) is 39.9 Å². The lowest BCUT2D eigenvalue weighted by Crippen LogP contribution is -2.27. The first kappa shape index (κ1) is 41.1. The van der Waals surface area contributed by atoms with E-state index in [1.54, 1.807) is 0 Å². The number of para-hydroxylation sites is 3. The van der Waals surface area contributed by atoms with Gasteiger partial charge in [0.2, 0.25) is 0 Å². The minimum Gasteiger partial charge on any atom is -0.457 e. The zero-order chi connectivity index (χ0) is 44.4. The van der Waals surface area contributed by atoms with Gasteiger partial charge in [-0.25, -0.2) is 4.98 Å². The number of hydrogen-bond donors (Lipinski definition) is 0. The highest BCUT2D eigenvalue weighted by Gasteiger charge is 2.33. The third-order valence-corrected chi connectivity index (χ3v) is 12.9. The number of pyridine rings is 1. The molecule has 0 saturated heterocycles. The molecular formula is C60H52N4O. The maximum Gasteiger partial charge on any atom is 0.137 e. The maximum absolute atomic E-state index is 6.91. The molecule has 0 radical (unpaired) electrons. The van der Waals surface area contributed by atoms with Crippen molar-refractivity contribution >= 4 is 39.9 Å². The van der Waals surface area contributed by atoms with Crippen molar-refractivity contribution in [2.75, 3.05) is 21.4 Å². The highest BCUT2D eigenvalue weighted by atomic mass is 16.5. The van der Waals surface area contributed by atoms with Crippen LogP contribution < -0.4 is 19.4 Å². The standard InChI is InChI=1S/C60H52N4O/c1-59(2,46-24-11-6-12-25-46)48-38-49(60(3,4)47-26-13-7-14-27-47)40-53(39-48)63-43-62(56-32-17-18-33-57(56)63)52-36-45(44-22-9-5-10-23-44)37-55(42-52)65-54-31-21-30-51(41-54)64(50-28-15-8-16-29-50)58-34-19-20-35-61-58/h5-42H,43H2,1-4H3. The number of ether oxygens (including phenoxy) is 1. The fraction of sp³-hybridized carbons (Fsp3) is 0.117. The zero-order valence-electron chi connectivity index (χ0n) is 37.3. The van der Waals surface area contributed by atoms with Gasteiger partial charge in [0.05, 0.1) is 17.1 Å². The van der Waals surface area contributed by atoms with Crippen molar-refractivity contribution < 1.29 is 4.74 Å². The third-order valence-electron chi connectivity index (χ3n) is 12.9. The minimum absolute atomic E-state index is 0.249. The van der Waals surface area contributed by atoms with Crippen LogP contribution in [0.5, 0.6) is 11.5 Å². The Kier molecular flexibility index (Phi) is 11.0. The van der Waals surface area contributed by atoms with Crippen molar-refractivity contribution in [3.05, 3.63) is 253 Å². The number of rotatable bonds is 12. The molecule has 65 heavy (non-hydrogen) atoms. The van der Waals surface area contributed by atoms with Gasteiger partial charge in [0, 0.05) is 46.2 Å². The van der Waals surface area contributed by atoms with Crippen molar-refractivity contribution in [1.29, 1.82) is 0 Å². The molecule has 8 aromatic carbocycles. The van der Waals surface area contributed by atoms with Gasteiger partial charge >= 0.3 is 0 Å². The van der Waals surface area contributed by atoms with Crippen molar-refractivity contribution in [2.24, 2.45) is 0 Å². The molecule has 9 aromatic rings. The minimum atomic E-state index is -0.249. The van der Waals surface area contributed by atoms with E-state index in [0.717, 1.165) is 62.6 Å². The Balaban J connectivity index is 1.06. The zero-order valence-corrected chi connectivity index (χ0v) is 37.3. The summed E-state index contributed by atoms with van der Waals surface area (Å²) in [6.07, 6.45) is 1.83. The summed E-state index contributed by atoms with van der Waals surface area (Å²) in [6.45, 7) is 9.98. The van der Waals surface area contributed by atoms with Gasteiger partial charge < -0.3 is 14.5 Å². The molecule has 0 unspecified atom stereocenters. The Morgan fingerprint density at radius 2 is 0.938 bits per heavy atom. The van der Waals surface area contributed by atoms with Crippen LogP contribution in [0.25, 0.3) is 11.1 Å². The summed E-state index contributed by atoms with van der Waals surface area (Å²) >= 11 is 0. The Morgan fingerprint density at radius 1 is 0.415 bits per heavy atom. The maximum atomic E-state index is 6.91. The van der Waals surface area contributed by atoms with E-state index in [1.807, 2.05) is 54.7 Å². The second kappa shape index (κ2) is 17.3. The van der Waals surface area contributed by atoms with Crippen LogP contribution in [0, 0.1) is 0 Å². The van der Waals surface area contributed by atoms with Crippen LogP contribution in [0.3, 0.4) is 0 Å². The topological polar surface area (TPSA) is 31.8 Å². The second-order valence-electron chi connectivity index (χ2n) is 17.8. The van der Waals surface area contributed by atoms with Gasteiger partial charge in [0.25, 0.3) is 0 Å². The number of anilines is 7. The third kappa shape index (κ3) is 8.25. The molecule has 0 aliphatic carbocycles. The molecule has 1 aromatic heterocycles. The van der Waals surface area contributed by atoms with E-state index in [0.29, 0.717) is 6.67 Å². The predicted octanol–water partition coefficient (Wildman–Crippen LogP) is 15.9. The fourth-order valence-electron chi connectivity index (χ4n) is 9.08. The molecule has 5 nitrogen and oxygen atoms in total. The predicted molar refractivity (Wildman–Crippen MR) is 270 cm³/mol. The van der Waals surface area contributed by atoms with Gasteiger partial charge in [-0.05, 0) is 106 Å². The molecule has 1 aliphatic rings. The van der Waals surface area contributed by atoms with Crippen LogP contribution in [0.2, 0.25) is 0 Å². The van der Waals surface area contributed by atoms with Gasteiger partial charge in [-0.3, -0.25) is 4.90 Å². The molecule has 318 valence electrons. The lowest BCUT2D eigenvalue weighted by atomic mass is 9.73. The summed E-state index contributed by atoms with van der Waals surface area (Å²) in [5, 5.41) is 0. The van der Waals surface area contributed by atoms with Crippen LogP contribution in [-0.2, 0) is 10.8 Å². The molecular weight excluding hydrogens is 793 g/mol. The monoisotopic (exact) mass is 844 g/mol. The summed E-state index contributed by atoms with van der Waals surface area (Å²) in [5.74, 6) is 2.30. The van der Waals surface area contributed by atoms with Crippen LogP contribution >= 0.6 is 0 Å². The average molecular weight is 845 g/mol. The van der Waals surface area contributed by atoms with Crippen molar-refractivity contribution in [3.8, 4) is 22.6 Å². The highest BCUT2D eigenvalue weighted by Crippen LogP contribution is 2.48. The van der Waals surface area contributed by atoms with E-state index in [-0.39, 0.29) is 10.8 Å². The molecule has 0 amide bonds. The van der Waals surface area contributed by atoms with Gasteiger partial charge in [0.1, 0.15) is 24.0 Å².